The summed E-state index contributed by atoms with van der Waals surface area (Å²) in [7, 11) is 0. The number of aliphatic imine (C=N–C) groups is 1. The summed E-state index contributed by atoms with van der Waals surface area (Å²) in [4.78, 5) is 7.09. The molecule has 1 aliphatic carbocycles. The van der Waals surface area contributed by atoms with E-state index in [4.69, 9.17) is 5.73 Å². The highest BCUT2D eigenvalue weighted by atomic mass is 127. The molecule has 1 saturated heterocycles. The quantitative estimate of drug-likeness (QED) is 0.377. The molecule has 2 fully saturated rings. The number of nitrogens with one attached hydrogen (secondary N) is 1. The first-order valence-corrected chi connectivity index (χ1v) is 9.79. The summed E-state index contributed by atoms with van der Waals surface area (Å²) in [5.74, 6) is 0.643. The number of nitrogens with two attached hydrogens (primary N) is 1. The predicted octanol–water partition coefficient (Wildman–Crippen LogP) is 3.87. The van der Waals surface area contributed by atoms with Crippen molar-refractivity contribution in [3.05, 3.63) is 71.5 Å². The van der Waals surface area contributed by atoms with Crippen LogP contribution in [0.3, 0.4) is 0 Å². The number of benzene rings is 2. The average Bonchev–Trinajstić information content (AvgIpc) is 3.43. The average molecular weight is 494 g/mol. The molecule has 0 spiro atoms. The number of likely N-dealkylation sites (tertiary alicyclic amines) is 1. The molecule has 0 amide bonds. The van der Waals surface area contributed by atoms with E-state index in [1.165, 1.54) is 11.6 Å². The van der Waals surface area contributed by atoms with Crippen LogP contribution >= 0.6 is 24.0 Å². The largest absolute Gasteiger partial charge is 0.370 e. The maximum absolute atomic E-state index is 13.3. The van der Waals surface area contributed by atoms with E-state index in [0.29, 0.717) is 17.9 Å². The van der Waals surface area contributed by atoms with E-state index in [0.717, 1.165) is 44.5 Å². The Balaban J connectivity index is 0.00000225. The minimum absolute atomic E-state index is 0. The van der Waals surface area contributed by atoms with Crippen LogP contribution in [0.4, 0.5) is 4.39 Å². The first kappa shape index (κ1) is 21.0. The summed E-state index contributed by atoms with van der Waals surface area (Å²) in [5.41, 5.74) is 8.51. The standard InChI is InChI=1S/C22H27FN4.HI/c23-18-8-4-7-17(13-18)20-14-21(20)26-22(24)25-19-9-11-27(12-10-19)15-16-5-2-1-3-6-16;/h1-8,13,19-21H,9-12,14-15H2,(H3,24,25,26);1H. The highest BCUT2D eigenvalue weighted by molar-refractivity contribution is 14.0. The van der Waals surface area contributed by atoms with Crippen LogP contribution in [0.5, 0.6) is 0 Å². The van der Waals surface area contributed by atoms with E-state index < -0.39 is 0 Å². The molecule has 0 aromatic heterocycles. The molecule has 150 valence electrons. The number of rotatable bonds is 5. The molecule has 1 heterocycles. The highest BCUT2D eigenvalue weighted by Gasteiger charge is 2.38. The fraction of sp³-hybridized carbons (Fsp3) is 0.409. The van der Waals surface area contributed by atoms with Crippen molar-refractivity contribution in [3.63, 3.8) is 0 Å². The second-order valence-corrected chi connectivity index (χ2v) is 7.66. The molecule has 4 rings (SSSR count). The fourth-order valence-electron chi connectivity index (χ4n) is 3.92. The smallest absolute Gasteiger partial charge is 0.189 e. The van der Waals surface area contributed by atoms with Crippen LogP contribution in [0.15, 0.2) is 59.6 Å². The zero-order chi connectivity index (χ0) is 18.6. The molecule has 28 heavy (non-hydrogen) atoms. The number of hydrogen-bond acceptors (Lipinski definition) is 2. The van der Waals surface area contributed by atoms with Crippen molar-refractivity contribution < 1.29 is 4.39 Å². The molecule has 2 unspecified atom stereocenters. The number of hydrogen-bond donors (Lipinski definition) is 2. The van der Waals surface area contributed by atoms with Crippen molar-refractivity contribution in [2.75, 3.05) is 13.1 Å². The summed E-state index contributed by atoms with van der Waals surface area (Å²) in [6.07, 6.45) is 3.09. The van der Waals surface area contributed by atoms with E-state index >= 15 is 0 Å². The summed E-state index contributed by atoms with van der Waals surface area (Å²) in [5, 5.41) is 3.38. The van der Waals surface area contributed by atoms with Gasteiger partial charge in [-0.1, -0.05) is 42.5 Å². The van der Waals surface area contributed by atoms with Gasteiger partial charge in [0.25, 0.3) is 0 Å². The normalized spacial score (nSPS) is 23.1. The van der Waals surface area contributed by atoms with Crippen LogP contribution in [-0.4, -0.2) is 36.0 Å². The monoisotopic (exact) mass is 494 g/mol. The van der Waals surface area contributed by atoms with Gasteiger partial charge >= 0.3 is 0 Å². The fourth-order valence-corrected chi connectivity index (χ4v) is 3.92. The van der Waals surface area contributed by atoms with Gasteiger partial charge in [0.2, 0.25) is 0 Å². The molecule has 2 aromatic rings. The highest BCUT2D eigenvalue weighted by Crippen LogP contribution is 2.43. The Kier molecular flexibility index (Phi) is 7.29. The van der Waals surface area contributed by atoms with E-state index in [-0.39, 0.29) is 35.8 Å². The van der Waals surface area contributed by atoms with Crippen LogP contribution < -0.4 is 11.1 Å². The summed E-state index contributed by atoms with van der Waals surface area (Å²) in [6.45, 7) is 3.14. The second kappa shape index (κ2) is 9.69. The molecule has 1 saturated carbocycles. The lowest BCUT2D eigenvalue weighted by molar-refractivity contribution is 0.199. The van der Waals surface area contributed by atoms with Gasteiger partial charge in [0.05, 0.1) is 6.04 Å². The zero-order valence-corrected chi connectivity index (χ0v) is 18.3. The van der Waals surface area contributed by atoms with Gasteiger partial charge in [0, 0.05) is 31.6 Å². The molecule has 0 bridgehead atoms. The van der Waals surface area contributed by atoms with Gasteiger partial charge in [-0.25, -0.2) is 9.38 Å². The molecule has 4 nitrogen and oxygen atoms in total. The first-order valence-electron chi connectivity index (χ1n) is 9.79. The van der Waals surface area contributed by atoms with Crippen LogP contribution in [0.2, 0.25) is 0 Å². The third-order valence-electron chi connectivity index (χ3n) is 5.53. The molecular formula is C22H28FIN4. The predicted molar refractivity (Wildman–Crippen MR) is 122 cm³/mol. The Bertz CT molecular complexity index is 790. The lowest BCUT2D eigenvalue weighted by Crippen LogP contribution is -2.47. The molecule has 0 radical (unpaired) electrons. The Hall–Kier alpha value is -1.67. The van der Waals surface area contributed by atoms with Gasteiger partial charge in [0.1, 0.15) is 5.82 Å². The van der Waals surface area contributed by atoms with Crippen LogP contribution in [-0.2, 0) is 6.54 Å². The van der Waals surface area contributed by atoms with Crippen molar-refractivity contribution in [1.82, 2.24) is 10.2 Å². The van der Waals surface area contributed by atoms with Gasteiger partial charge in [-0.2, -0.15) is 0 Å². The maximum Gasteiger partial charge on any atom is 0.189 e. The van der Waals surface area contributed by atoms with Gasteiger partial charge in [0.15, 0.2) is 5.96 Å². The minimum Gasteiger partial charge on any atom is -0.370 e. The Morgan fingerprint density at radius 3 is 2.57 bits per heavy atom. The number of piperidine rings is 1. The molecule has 2 atom stereocenters. The number of guanidine groups is 1. The van der Waals surface area contributed by atoms with Crippen molar-refractivity contribution in [3.8, 4) is 0 Å². The third kappa shape index (κ3) is 5.67. The maximum atomic E-state index is 13.3. The molecule has 6 heteroatoms. The topological polar surface area (TPSA) is 53.6 Å². The second-order valence-electron chi connectivity index (χ2n) is 7.66. The van der Waals surface area contributed by atoms with E-state index in [1.807, 2.05) is 6.07 Å². The SMILES string of the molecule is I.NC(=NC1CC1c1cccc(F)c1)NC1CCN(Cc2ccccc2)CC1. The van der Waals surface area contributed by atoms with Crippen molar-refractivity contribution in [2.45, 2.75) is 43.8 Å². The van der Waals surface area contributed by atoms with E-state index in [9.17, 15) is 4.39 Å². The summed E-state index contributed by atoms with van der Waals surface area (Å²) < 4.78 is 13.3. The van der Waals surface area contributed by atoms with Crippen molar-refractivity contribution in [1.29, 1.82) is 0 Å². The minimum atomic E-state index is -0.185. The summed E-state index contributed by atoms with van der Waals surface area (Å²) >= 11 is 0. The van der Waals surface area contributed by atoms with Crippen LogP contribution in [0.1, 0.15) is 36.3 Å². The summed E-state index contributed by atoms with van der Waals surface area (Å²) in [6, 6.07) is 18.0. The Morgan fingerprint density at radius 1 is 1.11 bits per heavy atom. The van der Waals surface area contributed by atoms with Crippen LogP contribution in [0, 0.1) is 5.82 Å². The molecule has 2 aromatic carbocycles. The van der Waals surface area contributed by atoms with Crippen molar-refractivity contribution >= 4 is 29.9 Å². The van der Waals surface area contributed by atoms with Crippen LogP contribution in [0.25, 0.3) is 0 Å². The lowest BCUT2D eigenvalue weighted by atomic mass is 10.0. The van der Waals surface area contributed by atoms with E-state index in [1.54, 1.807) is 12.1 Å². The van der Waals surface area contributed by atoms with Gasteiger partial charge in [-0.05, 0) is 42.5 Å². The molecule has 2 aliphatic rings. The van der Waals surface area contributed by atoms with Gasteiger partial charge in [-0.15, -0.1) is 24.0 Å². The van der Waals surface area contributed by atoms with Gasteiger partial charge < -0.3 is 11.1 Å². The molecular weight excluding hydrogens is 466 g/mol. The Labute approximate surface area is 183 Å². The van der Waals surface area contributed by atoms with E-state index in [2.05, 4.69) is 45.5 Å². The molecule has 3 N–H and O–H groups in total. The lowest BCUT2D eigenvalue weighted by Gasteiger charge is -2.32. The third-order valence-corrected chi connectivity index (χ3v) is 5.53. The van der Waals surface area contributed by atoms with Gasteiger partial charge in [-0.3, -0.25) is 4.90 Å². The first-order chi connectivity index (χ1) is 13.2. The molecule has 1 aliphatic heterocycles. The number of halogens is 2. The number of nitrogens with zero attached hydrogens (tertiary/aromatic N) is 2. The Morgan fingerprint density at radius 2 is 1.86 bits per heavy atom. The van der Waals surface area contributed by atoms with Crippen molar-refractivity contribution in [2.24, 2.45) is 10.7 Å². The zero-order valence-electron chi connectivity index (χ0n) is 15.9.